The zero-order valence-electron chi connectivity index (χ0n) is 18.6. The summed E-state index contributed by atoms with van der Waals surface area (Å²) in [6, 6.07) is 13.1. The maximum Gasteiger partial charge on any atom is 0.329 e. The third-order valence-electron chi connectivity index (χ3n) is 6.43. The molecule has 0 saturated heterocycles. The summed E-state index contributed by atoms with van der Waals surface area (Å²) in [5, 5.41) is 13.6. The van der Waals surface area contributed by atoms with Gasteiger partial charge in [0.25, 0.3) is 0 Å². The first-order valence-electron chi connectivity index (χ1n) is 11.3. The summed E-state index contributed by atoms with van der Waals surface area (Å²) >= 11 is 0. The Morgan fingerprint density at radius 2 is 1.79 bits per heavy atom. The van der Waals surface area contributed by atoms with Crippen LogP contribution in [0.2, 0.25) is 0 Å². The number of rotatable bonds is 8. The molecule has 1 heterocycles. The summed E-state index contributed by atoms with van der Waals surface area (Å²) in [6.45, 7) is 2.82. The number of carbonyl (C=O) groups is 1. The van der Waals surface area contributed by atoms with Gasteiger partial charge in [0, 0.05) is 28.9 Å². The summed E-state index contributed by atoms with van der Waals surface area (Å²) in [5.74, 6) is -1.12. The minimum atomic E-state index is -0.947. The number of benzene rings is 2. The monoisotopic (exact) mass is 454 g/mol. The van der Waals surface area contributed by atoms with E-state index in [1.807, 2.05) is 41.9 Å². The number of carboxylic acids is 1. The lowest BCUT2D eigenvalue weighted by Crippen LogP contribution is -2.23. The Morgan fingerprint density at radius 3 is 2.48 bits per heavy atom. The molecule has 0 amide bonds. The van der Waals surface area contributed by atoms with Crippen molar-refractivity contribution in [2.45, 2.75) is 39.2 Å². The molecular weight excluding hydrogens is 426 g/mol. The largest absolute Gasteiger partial charge is 0.480 e. The Morgan fingerprint density at radius 1 is 1.09 bits per heavy atom. The number of hydrogen-bond acceptors (Lipinski definition) is 3. The molecular formula is C26H28F2N2O3. The highest BCUT2D eigenvalue weighted by Crippen LogP contribution is 2.37. The molecule has 1 saturated carbocycles. The Bertz CT molecular complexity index is 1110. The highest BCUT2D eigenvalue weighted by molar-refractivity contribution is 5.83. The van der Waals surface area contributed by atoms with E-state index in [1.54, 1.807) is 0 Å². The minimum Gasteiger partial charge on any atom is -0.480 e. The van der Waals surface area contributed by atoms with Crippen molar-refractivity contribution in [2.24, 2.45) is 11.8 Å². The molecule has 0 atom stereocenters. The van der Waals surface area contributed by atoms with Gasteiger partial charge in [-0.15, -0.1) is 0 Å². The fourth-order valence-electron chi connectivity index (χ4n) is 4.67. The lowest BCUT2D eigenvalue weighted by molar-refractivity contribution is -0.142. The Balaban J connectivity index is 1.56. The van der Waals surface area contributed by atoms with Crippen LogP contribution in [0.3, 0.4) is 0 Å². The Labute approximate surface area is 192 Å². The average Bonchev–Trinajstić information content (AvgIpc) is 3.13. The van der Waals surface area contributed by atoms with E-state index < -0.39 is 17.6 Å². The molecule has 4 rings (SSSR count). The maximum atomic E-state index is 14.7. The van der Waals surface area contributed by atoms with E-state index in [2.05, 4.69) is 0 Å². The van der Waals surface area contributed by atoms with Crippen molar-refractivity contribution >= 4 is 5.97 Å². The van der Waals surface area contributed by atoms with Crippen molar-refractivity contribution in [3.63, 3.8) is 0 Å². The smallest absolute Gasteiger partial charge is 0.329 e. The molecule has 0 radical (unpaired) electrons. The van der Waals surface area contributed by atoms with Gasteiger partial charge in [-0.3, -0.25) is 4.68 Å². The first-order chi connectivity index (χ1) is 15.9. The number of hydrogen-bond donors (Lipinski definition) is 1. The fourth-order valence-corrected chi connectivity index (χ4v) is 4.67. The predicted molar refractivity (Wildman–Crippen MR) is 122 cm³/mol. The van der Waals surface area contributed by atoms with Gasteiger partial charge >= 0.3 is 5.97 Å². The third-order valence-corrected chi connectivity index (χ3v) is 6.43. The average molecular weight is 455 g/mol. The van der Waals surface area contributed by atoms with Crippen LogP contribution in [-0.2, 0) is 16.1 Å². The molecule has 3 aromatic rings. The van der Waals surface area contributed by atoms with E-state index in [4.69, 9.17) is 14.9 Å². The van der Waals surface area contributed by atoms with Crippen molar-refractivity contribution in [3.05, 3.63) is 65.9 Å². The van der Waals surface area contributed by atoms with E-state index in [9.17, 15) is 13.6 Å². The van der Waals surface area contributed by atoms with Crippen LogP contribution in [-0.4, -0.2) is 34.1 Å². The second-order valence-corrected chi connectivity index (χ2v) is 8.78. The van der Waals surface area contributed by atoms with E-state index in [1.165, 1.54) is 6.07 Å². The molecule has 1 aliphatic rings. The molecule has 174 valence electrons. The van der Waals surface area contributed by atoms with Gasteiger partial charge in [0.15, 0.2) is 0 Å². The fraction of sp³-hybridized carbons (Fsp3) is 0.385. The van der Waals surface area contributed by atoms with Gasteiger partial charge in [0.05, 0.1) is 6.61 Å². The molecule has 0 spiro atoms. The molecule has 1 fully saturated rings. The van der Waals surface area contributed by atoms with E-state index in [0.29, 0.717) is 36.2 Å². The standard InChI is InChI=1S/C26H28F2N2O3/c1-17-25(22-13-21(27)11-12-23(22)28)26(20-5-3-2-4-6-20)29-30(17)14-18-7-9-19(10-8-18)15-33-16-24(31)32/h2-6,11-13,18-19H,7-10,14-16H2,1H3,(H,31,32). The summed E-state index contributed by atoms with van der Waals surface area (Å²) in [4.78, 5) is 10.6. The van der Waals surface area contributed by atoms with E-state index >= 15 is 0 Å². The van der Waals surface area contributed by atoms with Crippen LogP contribution in [0.4, 0.5) is 8.78 Å². The second kappa shape index (κ2) is 10.3. The minimum absolute atomic E-state index is 0.219. The SMILES string of the molecule is Cc1c(-c2cc(F)ccc2F)c(-c2ccccc2)nn1CC1CCC(COCC(=O)O)CC1. The maximum absolute atomic E-state index is 14.7. The summed E-state index contributed by atoms with van der Waals surface area (Å²) in [5.41, 5.74) is 3.15. The quantitative estimate of drug-likeness (QED) is 0.473. The summed E-state index contributed by atoms with van der Waals surface area (Å²) in [6.07, 6.45) is 3.93. The molecule has 0 aliphatic heterocycles. The number of ether oxygens (including phenoxy) is 1. The molecule has 0 unspecified atom stereocenters. The van der Waals surface area contributed by atoms with Crippen molar-refractivity contribution in [2.75, 3.05) is 13.2 Å². The van der Waals surface area contributed by atoms with Crippen LogP contribution in [0.15, 0.2) is 48.5 Å². The molecule has 0 bridgehead atoms. The van der Waals surface area contributed by atoms with Crippen molar-refractivity contribution in [3.8, 4) is 22.4 Å². The second-order valence-electron chi connectivity index (χ2n) is 8.78. The molecule has 5 nitrogen and oxygen atoms in total. The van der Waals surface area contributed by atoms with Crippen LogP contribution in [0.5, 0.6) is 0 Å². The normalized spacial score (nSPS) is 18.4. The zero-order chi connectivity index (χ0) is 23.4. The van der Waals surface area contributed by atoms with Crippen LogP contribution >= 0.6 is 0 Å². The van der Waals surface area contributed by atoms with Crippen LogP contribution in [0.1, 0.15) is 31.4 Å². The first-order valence-corrected chi connectivity index (χ1v) is 11.3. The van der Waals surface area contributed by atoms with Crippen LogP contribution in [0.25, 0.3) is 22.4 Å². The highest BCUT2D eigenvalue weighted by atomic mass is 19.1. The van der Waals surface area contributed by atoms with Crippen molar-refractivity contribution < 1.29 is 23.4 Å². The number of aliphatic carboxylic acids is 1. The Hall–Kier alpha value is -3.06. The molecule has 1 aliphatic carbocycles. The molecule has 7 heteroatoms. The number of nitrogens with zero attached hydrogens (tertiary/aromatic N) is 2. The molecule has 1 N–H and O–H groups in total. The molecule has 2 aromatic carbocycles. The number of aromatic nitrogens is 2. The lowest BCUT2D eigenvalue weighted by atomic mass is 9.82. The highest BCUT2D eigenvalue weighted by Gasteiger charge is 2.25. The Kier molecular flexibility index (Phi) is 7.18. The van der Waals surface area contributed by atoms with Gasteiger partial charge in [-0.05, 0) is 62.6 Å². The number of carboxylic acid groups (broad SMARTS) is 1. The van der Waals surface area contributed by atoms with Gasteiger partial charge in [-0.25, -0.2) is 13.6 Å². The zero-order valence-corrected chi connectivity index (χ0v) is 18.6. The van der Waals surface area contributed by atoms with Crippen molar-refractivity contribution in [1.82, 2.24) is 9.78 Å². The van der Waals surface area contributed by atoms with E-state index in [0.717, 1.165) is 49.1 Å². The number of halogens is 2. The van der Waals surface area contributed by atoms with Gasteiger partial charge in [-0.1, -0.05) is 30.3 Å². The molecule has 33 heavy (non-hydrogen) atoms. The van der Waals surface area contributed by atoms with Crippen molar-refractivity contribution in [1.29, 1.82) is 0 Å². The van der Waals surface area contributed by atoms with E-state index in [-0.39, 0.29) is 12.2 Å². The lowest BCUT2D eigenvalue weighted by Gasteiger charge is -2.28. The van der Waals surface area contributed by atoms with Crippen LogP contribution < -0.4 is 0 Å². The van der Waals surface area contributed by atoms with Gasteiger partial charge in [0.2, 0.25) is 0 Å². The van der Waals surface area contributed by atoms with Gasteiger partial charge in [0.1, 0.15) is 23.9 Å². The van der Waals surface area contributed by atoms with Gasteiger partial charge < -0.3 is 9.84 Å². The summed E-state index contributed by atoms with van der Waals surface area (Å²) < 4.78 is 35.9. The topological polar surface area (TPSA) is 64.4 Å². The van der Waals surface area contributed by atoms with Crippen LogP contribution in [0, 0.1) is 30.4 Å². The third kappa shape index (κ3) is 5.47. The van der Waals surface area contributed by atoms with Gasteiger partial charge in [-0.2, -0.15) is 5.10 Å². The summed E-state index contributed by atoms with van der Waals surface area (Å²) in [7, 11) is 0. The predicted octanol–water partition coefficient (Wildman–Crippen LogP) is 5.71. The first kappa shape index (κ1) is 23.1. The molecule has 1 aromatic heterocycles.